The first-order chi connectivity index (χ1) is 11.2. The maximum absolute atomic E-state index is 12.7. The number of hydrogen-bond acceptors (Lipinski definition) is 6. The quantitative estimate of drug-likeness (QED) is 0.925. The van der Waals surface area contributed by atoms with Crippen LogP contribution in [-0.4, -0.2) is 55.1 Å². The lowest BCUT2D eigenvalue weighted by molar-refractivity contribution is 0.0708. The summed E-state index contributed by atoms with van der Waals surface area (Å²) >= 11 is 3.27. The molecule has 7 heteroatoms. The topological polar surface area (TPSA) is 48.5 Å². The zero-order valence-electron chi connectivity index (χ0n) is 13.4. The van der Waals surface area contributed by atoms with E-state index in [4.69, 9.17) is 4.98 Å². The third kappa shape index (κ3) is 2.97. The summed E-state index contributed by atoms with van der Waals surface area (Å²) in [5.74, 6) is 0.148. The fraction of sp³-hybridized carbons (Fsp3) is 0.625. The van der Waals surface area contributed by atoms with Gasteiger partial charge in [0.1, 0.15) is 4.83 Å². The average molecular weight is 351 g/mol. The molecule has 0 aromatic carbocycles. The minimum absolute atomic E-state index is 0.148. The monoisotopic (exact) mass is 350 g/mol. The van der Waals surface area contributed by atoms with Gasteiger partial charge in [0.2, 0.25) is 0 Å². The Hall–Kier alpha value is -1.18. The molecule has 2 fully saturated rings. The summed E-state index contributed by atoms with van der Waals surface area (Å²) < 4.78 is 1.15. The Balaban J connectivity index is 1.51. The van der Waals surface area contributed by atoms with Gasteiger partial charge in [0.15, 0.2) is 5.13 Å². The van der Waals surface area contributed by atoms with Gasteiger partial charge in [-0.05, 0) is 44.8 Å². The number of nitrogens with one attached hydrogen (secondary N) is 1. The van der Waals surface area contributed by atoms with Gasteiger partial charge in [0.05, 0.1) is 9.58 Å². The normalized spacial score (nSPS) is 19.6. The van der Waals surface area contributed by atoms with Crippen LogP contribution in [-0.2, 0) is 0 Å². The minimum atomic E-state index is 0.148. The highest BCUT2D eigenvalue weighted by molar-refractivity contribution is 7.29. The van der Waals surface area contributed by atoms with Crippen molar-refractivity contribution in [3.8, 4) is 0 Å². The van der Waals surface area contributed by atoms with Crippen LogP contribution in [0.15, 0.2) is 6.07 Å². The van der Waals surface area contributed by atoms with E-state index >= 15 is 0 Å². The summed E-state index contributed by atoms with van der Waals surface area (Å²) in [6.45, 7) is 4.24. The van der Waals surface area contributed by atoms with E-state index in [0.29, 0.717) is 6.04 Å². The lowest BCUT2D eigenvalue weighted by Crippen LogP contribution is -2.43. The van der Waals surface area contributed by atoms with Gasteiger partial charge in [-0.3, -0.25) is 4.79 Å². The van der Waals surface area contributed by atoms with Crippen LogP contribution in [0.4, 0.5) is 5.13 Å². The highest BCUT2D eigenvalue weighted by Gasteiger charge is 2.25. The van der Waals surface area contributed by atoms with Gasteiger partial charge in [-0.1, -0.05) is 11.3 Å². The molecule has 2 aliphatic heterocycles. The molecule has 124 valence electrons. The number of amides is 1. The van der Waals surface area contributed by atoms with Crippen molar-refractivity contribution in [1.29, 1.82) is 0 Å². The minimum Gasteiger partial charge on any atom is -0.348 e. The van der Waals surface area contributed by atoms with E-state index in [1.807, 2.05) is 18.0 Å². The predicted molar refractivity (Wildman–Crippen MR) is 96.9 cm³/mol. The van der Waals surface area contributed by atoms with Gasteiger partial charge in [0.25, 0.3) is 5.91 Å². The molecule has 23 heavy (non-hydrogen) atoms. The van der Waals surface area contributed by atoms with Gasteiger partial charge in [0, 0.05) is 26.2 Å². The van der Waals surface area contributed by atoms with Crippen LogP contribution in [0.2, 0.25) is 0 Å². The van der Waals surface area contributed by atoms with Crippen molar-refractivity contribution < 1.29 is 4.79 Å². The van der Waals surface area contributed by atoms with Crippen molar-refractivity contribution in [2.24, 2.45) is 0 Å². The predicted octanol–water partition coefficient (Wildman–Crippen LogP) is 2.78. The van der Waals surface area contributed by atoms with Gasteiger partial charge < -0.3 is 15.1 Å². The first kappa shape index (κ1) is 15.4. The highest BCUT2D eigenvalue weighted by atomic mass is 32.1. The molecule has 2 saturated heterocycles. The molecular weight excluding hydrogens is 328 g/mol. The van der Waals surface area contributed by atoms with Gasteiger partial charge in [-0.2, -0.15) is 0 Å². The molecule has 2 aromatic heterocycles. The lowest BCUT2D eigenvalue weighted by atomic mass is 10.1. The van der Waals surface area contributed by atoms with Crippen LogP contribution in [0.5, 0.6) is 0 Å². The van der Waals surface area contributed by atoms with E-state index in [0.717, 1.165) is 58.6 Å². The Morgan fingerprint density at radius 1 is 1.30 bits per heavy atom. The number of fused-ring (bicyclic) bond motifs is 1. The number of piperidine rings is 1. The summed E-state index contributed by atoms with van der Waals surface area (Å²) in [6, 6.07) is 2.40. The fourth-order valence-electron chi connectivity index (χ4n) is 3.41. The molecule has 1 amide bonds. The van der Waals surface area contributed by atoms with Gasteiger partial charge in [-0.15, -0.1) is 11.3 Å². The van der Waals surface area contributed by atoms with Gasteiger partial charge in [-0.25, -0.2) is 4.98 Å². The third-order valence-corrected chi connectivity index (χ3v) is 7.05. The van der Waals surface area contributed by atoms with Crippen molar-refractivity contribution >= 4 is 43.2 Å². The van der Waals surface area contributed by atoms with Crippen molar-refractivity contribution in [2.45, 2.75) is 31.7 Å². The summed E-state index contributed by atoms with van der Waals surface area (Å²) in [4.78, 5) is 23.6. The molecule has 0 unspecified atom stereocenters. The average Bonchev–Trinajstić information content (AvgIpc) is 3.29. The second-order valence-corrected chi connectivity index (χ2v) is 8.41. The Morgan fingerprint density at radius 3 is 2.74 bits per heavy atom. The first-order valence-corrected chi connectivity index (χ1v) is 9.99. The van der Waals surface area contributed by atoms with Crippen LogP contribution >= 0.6 is 22.7 Å². The second-order valence-electron chi connectivity index (χ2n) is 6.37. The summed E-state index contributed by atoms with van der Waals surface area (Å²) in [6.07, 6.45) is 4.61. The Bertz CT molecular complexity index is 667. The van der Waals surface area contributed by atoms with Crippen molar-refractivity contribution in [1.82, 2.24) is 15.2 Å². The van der Waals surface area contributed by atoms with Crippen molar-refractivity contribution in [2.75, 3.05) is 38.1 Å². The van der Waals surface area contributed by atoms with E-state index in [2.05, 4.69) is 10.2 Å². The number of thiophene rings is 1. The first-order valence-electron chi connectivity index (χ1n) is 8.35. The number of carbonyl (C=O) groups is 1. The van der Waals surface area contributed by atoms with E-state index < -0.39 is 0 Å². The SMILES string of the molecule is CN(C(=O)c1cc2sc(N3CCCC3)nc2s1)C1CCNCC1. The number of rotatable bonds is 3. The molecule has 0 bridgehead atoms. The van der Waals surface area contributed by atoms with E-state index in [9.17, 15) is 4.79 Å². The molecule has 5 nitrogen and oxygen atoms in total. The molecule has 4 heterocycles. The Kier molecular flexibility index (Phi) is 4.26. The van der Waals surface area contributed by atoms with E-state index in [-0.39, 0.29) is 5.91 Å². The third-order valence-electron chi connectivity index (χ3n) is 4.84. The highest BCUT2D eigenvalue weighted by Crippen LogP contribution is 2.36. The van der Waals surface area contributed by atoms with Crippen LogP contribution < -0.4 is 10.2 Å². The zero-order chi connectivity index (χ0) is 15.8. The standard InChI is InChI=1S/C16H22N4OS2/c1-19(11-4-6-17-7-5-11)15(21)13-10-12-14(22-13)18-16(23-12)20-8-2-3-9-20/h10-11,17H,2-9H2,1H3. The van der Waals surface area contributed by atoms with Crippen molar-refractivity contribution in [3.05, 3.63) is 10.9 Å². The molecule has 1 N–H and O–H groups in total. The number of thiazole rings is 1. The Morgan fingerprint density at radius 2 is 2.04 bits per heavy atom. The molecule has 2 aliphatic rings. The molecule has 0 radical (unpaired) electrons. The van der Waals surface area contributed by atoms with Crippen LogP contribution in [0.25, 0.3) is 9.53 Å². The Labute approximate surface area is 144 Å². The van der Waals surface area contributed by atoms with Gasteiger partial charge >= 0.3 is 0 Å². The number of carbonyl (C=O) groups excluding carboxylic acids is 1. The van der Waals surface area contributed by atoms with E-state index in [1.165, 1.54) is 12.8 Å². The molecule has 0 saturated carbocycles. The molecule has 0 spiro atoms. The number of nitrogens with zero attached hydrogens (tertiary/aromatic N) is 3. The fourth-order valence-corrected chi connectivity index (χ4v) is 5.65. The van der Waals surface area contributed by atoms with Crippen LogP contribution in [0.3, 0.4) is 0 Å². The van der Waals surface area contributed by atoms with Crippen LogP contribution in [0, 0.1) is 0 Å². The lowest BCUT2D eigenvalue weighted by Gasteiger charge is -2.31. The second kappa shape index (κ2) is 6.37. The smallest absolute Gasteiger partial charge is 0.264 e. The van der Waals surface area contributed by atoms with E-state index in [1.54, 1.807) is 22.7 Å². The molecular formula is C16H22N4OS2. The largest absolute Gasteiger partial charge is 0.348 e. The number of aromatic nitrogens is 1. The maximum atomic E-state index is 12.7. The maximum Gasteiger partial charge on any atom is 0.264 e. The number of hydrogen-bond donors (Lipinski definition) is 1. The van der Waals surface area contributed by atoms with Crippen molar-refractivity contribution in [3.63, 3.8) is 0 Å². The molecule has 0 aliphatic carbocycles. The summed E-state index contributed by atoms with van der Waals surface area (Å²) in [7, 11) is 1.94. The summed E-state index contributed by atoms with van der Waals surface area (Å²) in [5.41, 5.74) is 0. The summed E-state index contributed by atoms with van der Waals surface area (Å²) in [5, 5.41) is 4.47. The zero-order valence-corrected chi connectivity index (χ0v) is 15.0. The molecule has 4 rings (SSSR count). The van der Waals surface area contributed by atoms with Crippen LogP contribution in [0.1, 0.15) is 35.4 Å². The number of anilines is 1. The molecule has 0 atom stereocenters. The molecule has 2 aromatic rings.